The minimum absolute atomic E-state index is 0.0786. The molecule has 1 fully saturated rings. The predicted octanol–water partition coefficient (Wildman–Crippen LogP) is -1.03. The quantitative estimate of drug-likeness (QED) is 0.674. The molecule has 116 valence electrons. The average Bonchev–Trinajstić information content (AvgIpc) is 2.82. The normalized spacial score (nSPS) is 24.6. The van der Waals surface area contributed by atoms with Crippen LogP contribution in [0.5, 0.6) is 0 Å². The van der Waals surface area contributed by atoms with E-state index >= 15 is 0 Å². The topological polar surface area (TPSA) is 135 Å². The standard InChI is InChI=1S/C9H12N4O6S2/c1-11-6-4(2-10)12-3-5(7(6)20-9(11)15)13(8(12)14)19-21(16,17)18/h4-5H,2-3,10H2,1H3,(H,16,17,18)/t4-,5+/m1/s1. The van der Waals surface area contributed by atoms with Crippen LogP contribution in [0.3, 0.4) is 0 Å². The van der Waals surface area contributed by atoms with Gasteiger partial charge in [-0.1, -0.05) is 11.3 Å². The molecule has 3 rings (SSSR count). The number of carbonyl (C=O) groups excluding carboxylic acids is 1. The Morgan fingerprint density at radius 2 is 2.14 bits per heavy atom. The van der Waals surface area contributed by atoms with Gasteiger partial charge in [-0.3, -0.25) is 9.35 Å². The molecule has 2 bridgehead atoms. The number of thiazole rings is 1. The van der Waals surface area contributed by atoms with Crippen molar-refractivity contribution in [2.24, 2.45) is 12.8 Å². The van der Waals surface area contributed by atoms with E-state index in [1.165, 1.54) is 9.47 Å². The van der Waals surface area contributed by atoms with E-state index in [1.54, 1.807) is 7.05 Å². The van der Waals surface area contributed by atoms with Crippen LogP contribution >= 0.6 is 11.3 Å². The monoisotopic (exact) mass is 336 g/mol. The maximum absolute atomic E-state index is 12.2. The second-order valence-electron chi connectivity index (χ2n) is 4.71. The number of urea groups is 1. The van der Waals surface area contributed by atoms with E-state index in [4.69, 9.17) is 10.3 Å². The molecule has 2 aliphatic heterocycles. The molecule has 0 aliphatic carbocycles. The molecule has 12 heteroatoms. The van der Waals surface area contributed by atoms with Crippen LogP contribution in [0.2, 0.25) is 0 Å². The van der Waals surface area contributed by atoms with Crippen LogP contribution in [0.4, 0.5) is 4.79 Å². The molecule has 2 aliphatic rings. The highest BCUT2D eigenvalue weighted by Crippen LogP contribution is 2.44. The summed E-state index contributed by atoms with van der Waals surface area (Å²) in [6.07, 6.45) is 0. The van der Waals surface area contributed by atoms with Gasteiger partial charge < -0.3 is 15.2 Å². The first-order valence-electron chi connectivity index (χ1n) is 5.91. The lowest BCUT2D eigenvalue weighted by Gasteiger charge is -2.30. The molecular formula is C9H12N4O6S2. The Bertz CT molecular complexity index is 768. The average molecular weight is 336 g/mol. The van der Waals surface area contributed by atoms with Gasteiger partial charge in [0.15, 0.2) is 0 Å². The van der Waals surface area contributed by atoms with Gasteiger partial charge in [-0.15, -0.1) is 4.28 Å². The van der Waals surface area contributed by atoms with Gasteiger partial charge in [-0.2, -0.15) is 13.5 Å². The fourth-order valence-corrected chi connectivity index (χ4v) is 4.20. The first-order chi connectivity index (χ1) is 9.74. The van der Waals surface area contributed by atoms with Gasteiger partial charge >= 0.3 is 21.3 Å². The lowest BCUT2D eigenvalue weighted by molar-refractivity contribution is -0.0308. The van der Waals surface area contributed by atoms with Crippen LogP contribution in [-0.2, 0) is 21.7 Å². The highest BCUT2D eigenvalue weighted by atomic mass is 32.3. The highest BCUT2D eigenvalue weighted by molar-refractivity contribution is 7.80. The number of carbonyl (C=O) groups is 1. The number of aromatic nitrogens is 1. The van der Waals surface area contributed by atoms with Crippen LogP contribution in [0.25, 0.3) is 0 Å². The van der Waals surface area contributed by atoms with E-state index in [9.17, 15) is 18.0 Å². The fraction of sp³-hybridized carbons (Fsp3) is 0.556. The first kappa shape index (κ1) is 14.5. The minimum Gasteiger partial charge on any atom is -0.328 e. The van der Waals surface area contributed by atoms with Crippen molar-refractivity contribution >= 4 is 27.8 Å². The summed E-state index contributed by atoms with van der Waals surface area (Å²) in [5, 5.41) is 0.569. The third kappa shape index (κ3) is 2.06. The van der Waals surface area contributed by atoms with Gasteiger partial charge in [-0.25, -0.2) is 4.79 Å². The predicted molar refractivity (Wildman–Crippen MR) is 70.7 cm³/mol. The van der Waals surface area contributed by atoms with E-state index < -0.39 is 28.5 Å². The second-order valence-corrected chi connectivity index (χ2v) is 6.70. The Morgan fingerprint density at radius 1 is 1.48 bits per heavy atom. The molecule has 3 heterocycles. The van der Waals surface area contributed by atoms with E-state index in [1.807, 2.05) is 0 Å². The number of nitrogens with zero attached hydrogens (tertiary/aromatic N) is 3. The van der Waals surface area contributed by atoms with Crippen LogP contribution < -0.4 is 10.6 Å². The molecule has 0 unspecified atom stereocenters. The molecule has 0 spiro atoms. The largest absolute Gasteiger partial charge is 0.418 e. The van der Waals surface area contributed by atoms with Crippen molar-refractivity contribution in [2.75, 3.05) is 13.1 Å². The Balaban J connectivity index is 2.14. The molecule has 0 saturated carbocycles. The lowest BCUT2D eigenvalue weighted by Crippen LogP contribution is -2.39. The van der Waals surface area contributed by atoms with E-state index in [0.29, 0.717) is 15.6 Å². The molecule has 1 aromatic heterocycles. The molecule has 1 aromatic rings. The van der Waals surface area contributed by atoms with Gasteiger partial charge in [0, 0.05) is 13.6 Å². The summed E-state index contributed by atoms with van der Waals surface area (Å²) in [6.45, 7) is 0.221. The van der Waals surface area contributed by atoms with Gasteiger partial charge in [0.05, 0.1) is 23.2 Å². The van der Waals surface area contributed by atoms with E-state index in [0.717, 1.165) is 11.3 Å². The fourth-order valence-electron chi connectivity index (χ4n) is 2.73. The maximum atomic E-state index is 12.2. The Kier molecular flexibility index (Phi) is 3.11. The van der Waals surface area contributed by atoms with Crippen LogP contribution in [0, 0.1) is 0 Å². The number of hydrogen-bond acceptors (Lipinski definition) is 7. The van der Waals surface area contributed by atoms with E-state index in [-0.39, 0.29) is 18.0 Å². The summed E-state index contributed by atoms with van der Waals surface area (Å²) in [6, 6.07) is -2.03. The Hall–Kier alpha value is -1.47. The highest BCUT2D eigenvalue weighted by Gasteiger charge is 2.51. The van der Waals surface area contributed by atoms with Crippen LogP contribution in [-0.4, -0.2) is 46.6 Å². The number of amides is 2. The molecule has 2 amide bonds. The maximum Gasteiger partial charge on any atom is 0.418 e. The molecule has 0 radical (unpaired) electrons. The van der Waals surface area contributed by atoms with Gasteiger partial charge in [0.1, 0.15) is 6.04 Å². The minimum atomic E-state index is -4.84. The van der Waals surface area contributed by atoms with Crippen molar-refractivity contribution < 1.29 is 22.0 Å². The second kappa shape index (κ2) is 4.51. The number of hydrogen-bond donors (Lipinski definition) is 2. The molecule has 2 atom stereocenters. The van der Waals surface area contributed by atoms with Crippen molar-refractivity contribution in [3.05, 3.63) is 20.2 Å². The van der Waals surface area contributed by atoms with Gasteiger partial charge in [-0.05, 0) is 0 Å². The molecule has 3 N–H and O–H groups in total. The van der Waals surface area contributed by atoms with Crippen LogP contribution in [0.15, 0.2) is 4.79 Å². The SMILES string of the molecule is Cn1c2c(sc1=O)[C@@H]1CN(C(=O)N1OS(=O)(=O)O)[C@@H]2CN. The smallest absolute Gasteiger partial charge is 0.328 e. The van der Waals surface area contributed by atoms with Crippen LogP contribution in [0.1, 0.15) is 22.7 Å². The third-order valence-electron chi connectivity index (χ3n) is 3.56. The number of fused-ring (bicyclic) bond motifs is 4. The van der Waals surface area contributed by atoms with Crippen molar-refractivity contribution in [3.8, 4) is 0 Å². The van der Waals surface area contributed by atoms with Crippen molar-refractivity contribution in [1.29, 1.82) is 0 Å². The lowest BCUT2D eigenvalue weighted by atomic mass is 10.0. The Labute approximate surface area is 123 Å². The molecule has 0 aromatic carbocycles. The van der Waals surface area contributed by atoms with Gasteiger partial charge in [0.2, 0.25) is 0 Å². The summed E-state index contributed by atoms with van der Waals surface area (Å²) in [7, 11) is -3.28. The summed E-state index contributed by atoms with van der Waals surface area (Å²) < 4.78 is 36.3. The van der Waals surface area contributed by atoms with Crippen molar-refractivity contribution in [1.82, 2.24) is 14.5 Å². The number of hydroxylamine groups is 2. The molecule has 21 heavy (non-hydrogen) atoms. The summed E-state index contributed by atoms with van der Waals surface area (Å²) in [5.74, 6) is 0. The van der Waals surface area contributed by atoms with E-state index in [2.05, 4.69) is 4.28 Å². The summed E-state index contributed by atoms with van der Waals surface area (Å²) in [4.78, 5) is 25.6. The van der Waals surface area contributed by atoms with Crippen molar-refractivity contribution in [3.63, 3.8) is 0 Å². The third-order valence-corrected chi connectivity index (χ3v) is 5.06. The molecular weight excluding hydrogens is 324 g/mol. The number of rotatable bonds is 3. The zero-order valence-electron chi connectivity index (χ0n) is 10.8. The Morgan fingerprint density at radius 3 is 2.71 bits per heavy atom. The first-order valence-corrected chi connectivity index (χ1v) is 8.09. The summed E-state index contributed by atoms with van der Waals surface area (Å²) >= 11 is 0.902. The molecule has 10 nitrogen and oxygen atoms in total. The van der Waals surface area contributed by atoms with Crippen molar-refractivity contribution in [2.45, 2.75) is 12.1 Å². The zero-order valence-corrected chi connectivity index (χ0v) is 12.4. The summed E-state index contributed by atoms with van der Waals surface area (Å²) in [5.41, 5.74) is 6.25. The van der Waals surface area contributed by atoms with Gasteiger partial charge in [0.25, 0.3) is 0 Å². The molecule has 1 saturated heterocycles. The zero-order chi connectivity index (χ0) is 15.5. The number of nitrogens with two attached hydrogens (primary N) is 1.